The highest BCUT2D eigenvalue weighted by Crippen LogP contribution is 2.18. The van der Waals surface area contributed by atoms with Crippen LogP contribution in [-0.2, 0) is 11.3 Å². The maximum absolute atomic E-state index is 12.5. The minimum Gasteiger partial charge on any atom is -0.467 e. The maximum atomic E-state index is 12.5. The number of hydrogen-bond acceptors (Lipinski definition) is 3. The van der Waals surface area contributed by atoms with E-state index in [0.717, 1.165) is 48.8 Å². The van der Waals surface area contributed by atoms with E-state index in [1.807, 2.05) is 32.0 Å². The van der Waals surface area contributed by atoms with Crippen LogP contribution in [0.4, 0.5) is 0 Å². The van der Waals surface area contributed by atoms with Gasteiger partial charge >= 0.3 is 0 Å². The van der Waals surface area contributed by atoms with E-state index in [0.29, 0.717) is 19.0 Å². The lowest BCUT2D eigenvalue weighted by Gasteiger charge is -2.22. The minimum atomic E-state index is -0.00521. The number of ether oxygens (including phenoxy) is 1. The zero-order valence-corrected chi connectivity index (χ0v) is 13.8. The molecule has 0 radical (unpaired) electrons. The number of rotatable bonds is 5. The summed E-state index contributed by atoms with van der Waals surface area (Å²) in [4.78, 5) is 12.5. The lowest BCUT2D eigenvalue weighted by atomic mass is 10.0. The third-order valence-electron chi connectivity index (χ3n) is 4.52. The highest BCUT2D eigenvalue weighted by Gasteiger charge is 2.19. The molecule has 3 heterocycles. The van der Waals surface area contributed by atoms with Crippen molar-refractivity contribution in [2.45, 2.75) is 33.2 Å². The van der Waals surface area contributed by atoms with Gasteiger partial charge in [-0.2, -0.15) is 0 Å². The maximum Gasteiger partial charge on any atom is 0.253 e. The second kappa shape index (κ2) is 7.04. The van der Waals surface area contributed by atoms with Crippen LogP contribution in [-0.4, -0.2) is 30.2 Å². The molecule has 5 nitrogen and oxygen atoms in total. The largest absolute Gasteiger partial charge is 0.467 e. The van der Waals surface area contributed by atoms with Crippen molar-refractivity contribution in [2.75, 3.05) is 19.8 Å². The number of hydrogen-bond donors (Lipinski definition) is 1. The quantitative estimate of drug-likeness (QED) is 0.923. The van der Waals surface area contributed by atoms with E-state index in [1.165, 1.54) is 0 Å². The normalized spacial score (nSPS) is 18.1. The van der Waals surface area contributed by atoms with Gasteiger partial charge in [0.25, 0.3) is 5.91 Å². The van der Waals surface area contributed by atoms with Gasteiger partial charge in [0.1, 0.15) is 5.76 Å². The average Bonchev–Trinajstić information content (AvgIpc) is 3.17. The first kappa shape index (κ1) is 15.9. The Hall–Kier alpha value is -2.01. The van der Waals surface area contributed by atoms with E-state index < -0.39 is 0 Å². The minimum absolute atomic E-state index is 0.00521. The van der Waals surface area contributed by atoms with Gasteiger partial charge in [-0.1, -0.05) is 0 Å². The first-order valence-corrected chi connectivity index (χ1v) is 8.20. The van der Waals surface area contributed by atoms with Crippen LogP contribution in [0.25, 0.3) is 0 Å². The molecule has 0 aliphatic carbocycles. The molecule has 1 aliphatic heterocycles. The van der Waals surface area contributed by atoms with Crippen LogP contribution in [0.15, 0.2) is 28.9 Å². The molecule has 1 fully saturated rings. The second-order valence-electron chi connectivity index (χ2n) is 6.24. The van der Waals surface area contributed by atoms with Crippen molar-refractivity contribution in [3.8, 4) is 0 Å². The van der Waals surface area contributed by atoms with E-state index >= 15 is 0 Å². The average molecular weight is 316 g/mol. The third-order valence-corrected chi connectivity index (χ3v) is 4.52. The second-order valence-corrected chi connectivity index (χ2v) is 6.24. The molecular weight excluding hydrogens is 292 g/mol. The fraction of sp³-hybridized carbons (Fsp3) is 0.500. The highest BCUT2D eigenvalue weighted by molar-refractivity contribution is 5.95. The summed E-state index contributed by atoms with van der Waals surface area (Å²) >= 11 is 0. The zero-order chi connectivity index (χ0) is 16.2. The number of aromatic nitrogens is 1. The molecule has 124 valence electrons. The van der Waals surface area contributed by atoms with E-state index in [4.69, 9.17) is 9.15 Å². The van der Waals surface area contributed by atoms with Gasteiger partial charge in [-0.15, -0.1) is 0 Å². The SMILES string of the molecule is Cc1cc(C(=O)NC[C@H]2CCCOC2)c(C)n1Cc1ccco1. The molecule has 2 aromatic rings. The fourth-order valence-electron chi connectivity index (χ4n) is 3.13. The number of furan rings is 1. The van der Waals surface area contributed by atoms with Gasteiger partial charge in [-0.25, -0.2) is 0 Å². The summed E-state index contributed by atoms with van der Waals surface area (Å²) in [5, 5.41) is 3.05. The third kappa shape index (κ3) is 3.67. The summed E-state index contributed by atoms with van der Waals surface area (Å²) in [6.07, 6.45) is 3.87. The van der Waals surface area contributed by atoms with Gasteiger partial charge in [0.15, 0.2) is 0 Å². The van der Waals surface area contributed by atoms with Crippen LogP contribution >= 0.6 is 0 Å². The Morgan fingerprint density at radius 1 is 1.43 bits per heavy atom. The van der Waals surface area contributed by atoms with Crippen LogP contribution < -0.4 is 5.32 Å². The topological polar surface area (TPSA) is 56.4 Å². The van der Waals surface area contributed by atoms with Gasteiger partial charge < -0.3 is 19.0 Å². The monoisotopic (exact) mass is 316 g/mol. The Labute approximate surface area is 136 Å². The predicted molar refractivity (Wildman–Crippen MR) is 87.6 cm³/mol. The molecule has 0 unspecified atom stereocenters. The Morgan fingerprint density at radius 3 is 3.00 bits per heavy atom. The van der Waals surface area contributed by atoms with Crippen molar-refractivity contribution in [2.24, 2.45) is 5.92 Å². The lowest BCUT2D eigenvalue weighted by Crippen LogP contribution is -2.33. The van der Waals surface area contributed by atoms with E-state index in [-0.39, 0.29) is 5.91 Å². The van der Waals surface area contributed by atoms with E-state index in [1.54, 1.807) is 6.26 Å². The smallest absolute Gasteiger partial charge is 0.253 e. The van der Waals surface area contributed by atoms with Crippen molar-refractivity contribution in [1.82, 2.24) is 9.88 Å². The van der Waals surface area contributed by atoms with Gasteiger partial charge in [0.05, 0.1) is 25.0 Å². The van der Waals surface area contributed by atoms with Crippen LogP contribution in [0.1, 0.15) is 40.3 Å². The summed E-state index contributed by atoms with van der Waals surface area (Å²) < 4.78 is 13.0. The lowest BCUT2D eigenvalue weighted by molar-refractivity contribution is 0.0536. The highest BCUT2D eigenvalue weighted by atomic mass is 16.5. The Morgan fingerprint density at radius 2 is 2.30 bits per heavy atom. The number of carbonyl (C=O) groups excluding carboxylic acids is 1. The molecule has 1 amide bonds. The van der Waals surface area contributed by atoms with Crippen LogP contribution in [0.2, 0.25) is 0 Å². The van der Waals surface area contributed by atoms with Gasteiger partial charge in [-0.3, -0.25) is 4.79 Å². The summed E-state index contributed by atoms with van der Waals surface area (Å²) in [7, 11) is 0. The number of amides is 1. The molecule has 3 rings (SSSR count). The molecule has 0 spiro atoms. The number of nitrogens with zero attached hydrogens (tertiary/aromatic N) is 1. The first-order chi connectivity index (χ1) is 11.1. The number of nitrogens with one attached hydrogen (secondary N) is 1. The van der Waals surface area contributed by atoms with Gasteiger partial charge in [0, 0.05) is 24.5 Å². The van der Waals surface area contributed by atoms with E-state index in [2.05, 4.69) is 9.88 Å². The summed E-state index contributed by atoms with van der Waals surface area (Å²) in [6, 6.07) is 5.77. The van der Waals surface area contributed by atoms with Crippen LogP contribution in [0.3, 0.4) is 0 Å². The molecule has 1 saturated heterocycles. The van der Waals surface area contributed by atoms with Gasteiger partial charge in [0.2, 0.25) is 0 Å². The molecule has 0 saturated carbocycles. The molecule has 0 aromatic carbocycles. The zero-order valence-electron chi connectivity index (χ0n) is 13.8. The molecule has 0 bridgehead atoms. The molecule has 1 N–H and O–H groups in total. The van der Waals surface area contributed by atoms with Crippen molar-refractivity contribution in [3.63, 3.8) is 0 Å². The van der Waals surface area contributed by atoms with Crippen LogP contribution in [0, 0.1) is 19.8 Å². The summed E-state index contributed by atoms with van der Waals surface area (Å²) in [5.74, 6) is 1.31. The van der Waals surface area contributed by atoms with Crippen molar-refractivity contribution in [3.05, 3.63) is 47.2 Å². The summed E-state index contributed by atoms with van der Waals surface area (Å²) in [5.41, 5.74) is 2.77. The molecule has 1 atom stereocenters. The summed E-state index contributed by atoms with van der Waals surface area (Å²) in [6.45, 7) is 6.92. The molecule has 23 heavy (non-hydrogen) atoms. The fourth-order valence-corrected chi connectivity index (χ4v) is 3.13. The number of carbonyl (C=O) groups is 1. The van der Waals surface area contributed by atoms with Gasteiger partial charge in [-0.05, 0) is 50.8 Å². The molecular formula is C18H24N2O3. The van der Waals surface area contributed by atoms with Crippen molar-refractivity contribution in [1.29, 1.82) is 0 Å². The van der Waals surface area contributed by atoms with Crippen LogP contribution in [0.5, 0.6) is 0 Å². The Kier molecular flexibility index (Phi) is 4.86. The standard InChI is InChI=1S/C18H24N2O3/c1-13-9-17(14(2)20(13)11-16-6-4-8-23-16)18(21)19-10-15-5-3-7-22-12-15/h4,6,8-9,15H,3,5,7,10-12H2,1-2H3,(H,19,21)/t15-/m1/s1. The van der Waals surface area contributed by atoms with Crippen molar-refractivity contribution < 1.29 is 13.9 Å². The Balaban J connectivity index is 1.66. The Bertz CT molecular complexity index is 652. The number of aryl methyl sites for hydroxylation is 1. The first-order valence-electron chi connectivity index (χ1n) is 8.20. The van der Waals surface area contributed by atoms with Crippen molar-refractivity contribution >= 4 is 5.91 Å². The molecule has 2 aromatic heterocycles. The molecule has 1 aliphatic rings. The molecule has 5 heteroatoms. The van der Waals surface area contributed by atoms with E-state index in [9.17, 15) is 4.79 Å². The predicted octanol–water partition coefficient (Wildman–Crippen LogP) is 2.90.